The van der Waals surface area contributed by atoms with E-state index in [0.717, 1.165) is 54.0 Å². The lowest BCUT2D eigenvalue weighted by Crippen LogP contribution is -2.35. The second-order valence-corrected chi connectivity index (χ2v) is 8.03. The number of carbonyl (C=O) groups excluding carboxylic acids is 1. The molecule has 7 nitrogen and oxygen atoms in total. The Kier molecular flexibility index (Phi) is 4.77. The Morgan fingerprint density at radius 3 is 3.00 bits per heavy atom. The molecule has 1 amide bonds. The molecule has 3 aromatic rings. The van der Waals surface area contributed by atoms with E-state index in [2.05, 4.69) is 55.2 Å². The van der Waals surface area contributed by atoms with Gasteiger partial charge >= 0.3 is 0 Å². The third-order valence-electron chi connectivity index (χ3n) is 6.06. The molecule has 2 aliphatic rings. The molecule has 0 spiro atoms. The highest BCUT2D eigenvalue weighted by Crippen LogP contribution is 2.27. The van der Waals surface area contributed by atoms with Gasteiger partial charge in [0.25, 0.3) is 0 Å². The lowest BCUT2D eigenvalue weighted by Gasteiger charge is -2.20. The SMILES string of the molecule is CC1CCCN1CC(=O)Nc1cc2cc(-c3cnc4n3CCNC4)ccc2cn1. The topological polar surface area (TPSA) is 75.1 Å². The molecule has 29 heavy (non-hydrogen) atoms. The molecule has 1 aromatic carbocycles. The molecule has 1 saturated heterocycles. The van der Waals surface area contributed by atoms with Gasteiger partial charge in [-0.1, -0.05) is 12.1 Å². The Morgan fingerprint density at radius 1 is 1.21 bits per heavy atom. The summed E-state index contributed by atoms with van der Waals surface area (Å²) in [7, 11) is 0. The highest BCUT2D eigenvalue weighted by atomic mass is 16.2. The predicted molar refractivity (Wildman–Crippen MR) is 114 cm³/mol. The number of anilines is 1. The number of nitrogens with zero attached hydrogens (tertiary/aromatic N) is 4. The Bertz CT molecular complexity index is 1060. The third kappa shape index (κ3) is 3.63. The van der Waals surface area contributed by atoms with Crippen molar-refractivity contribution in [1.29, 1.82) is 0 Å². The highest BCUT2D eigenvalue weighted by Gasteiger charge is 2.22. The summed E-state index contributed by atoms with van der Waals surface area (Å²) in [5.74, 6) is 1.68. The van der Waals surface area contributed by atoms with E-state index in [0.29, 0.717) is 18.4 Å². The van der Waals surface area contributed by atoms with Gasteiger partial charge in [-0.05, 0) is 43.8 Å². The highest BCUT2D eigenvalue weighted by molar-refractivity contribution is 5.94. The number of pyridine rings is 1. The number of fused-ring (bicyclic) bond motifs is 2. The molecule has 0 radical (unpaired) electrons. The van der Waals surface area contributed by atoms with Gasteiger partial charge in [-0.3, -0.25) is 9.69 Å². The Hall–Kier alpha value is -2.77. The van der Waals surface area contributed by atoms with Crippen molar-refractivity contribution < 1.29 is 4.79 Å². The van der Waals surface area contributed by atoms with Crippen molar-refractivity contribution in [3.63, 3.8) is 0 Å². The summed E-state index contributed by atoms with van der Waals surface area (Å²) in [4.78, 5) is 23.7. The van der Waals surface area contributed by atoms with Crippen LogP contribution in [0, 0.1) is 0 Å². The summed E-state index contributed by atoms with van der Waals surface area (Å²) in [6, 6.07) is 8.78. The van der Waals surface area contributed by atoms with E-state index in [1.165, 1.54) is 12.8 Å². The molecule has 1 fully saturated rings. The molecule has 2 aliphatic heterocycles. The second kappa shape index (κ2) is 7.57. The molecule has 2 N–H and O–H groups in total. The van der Waals surface area contributed by atoms with E-state index in [9.17, 15) is 4.79 Å². The number of benzene rings is 1. The van der Waals surface area contributed by atoms with Crippen LogP contribution < -0.4 is 10.6 Å². The van der Waals surface area contributed by atoms with E-state index in [4.69, 9.17) is 0 Å². The van der Waals surface area contributed by atoms with Gasteiger partial charge < -0.3 is 15.2 Å². The fraction of sp³-hybridized carbons (Fsp3) is 0.409. The number of hydrogen-bond acceptors (Lipinski definition) is 5. The smallest absolute Gasteiger partial charge is 0.239 e. The lowest BCUT2D eigenvalue weighted by atomic mass is 10.1. The normalized spacial score (nSPS) is 19.4. The number of carbonyl (C=O) groups is 1. The van der Waals surface area contributed by atoms with Crippen molar-refractivity contribution in [2.45, 2.75) is 38.9 Å². The molecule has 0 saturated carbocycles. The fourth-order valence-electron chi connectivity index (χ4n) is 4.39. The molecule has 1 atom stereocenters. The van der Waals surface area contributed by atoms with Crippen molar-refractivity contribution in [2.24, 2.45) is 0 Å². The zero-order valence-corrected chi connectivity index (χ0v) is 16.7. The number of hydrogen-bond donors (Lipinski definition) is 2. The van der Waals surface area contributed by atoms with Gasteiger partial charge in [-0.25, -0.2) is 9.97 Å². The molecule has 150 valence electrons. The zero-order valence-electron chi connectivity index (χ0n) is 16.7. The van der Waals surface area contributed by atoms with Gasteiger partial charge in [0.2, 0.25) is 5.91 Å². The van der Waals surface area contributed by atoms with Gasteiger partial charge in [0, 0.05) is 36.3 Å². The summed E-state index contributed by atoms with van der Waals surface area (Å²) in [5.41, 5.74) is 2.27. The average molecular weight is 390 g/mol. The van der Waals surface area contributed by atoms with Crippen LogP contribution in [0.25, 0.3) is 22.0 Å². The van der Waals surface area contributed by atoms with E-state index in [-0.39, 0.29) is 5.91 Å². The summed E-state index contributed by atoms with van der Waals surface area (Å²) in [6.45, 7) is 6.30. The van der Waals surface area contributed by atoms with Crippen LogP contribution >= 0.6 is 0 Å². The standard InChI is InChI=1S/C22H26N6O/c1-15-3-2-7-27(15)14-22(29)26-20-10-18-9-16(4-5-17(18)11-24-20)19-12-25-21-13-23-6-8-28(19)21/h4-5,9-12,15,23H,2-3,6-8,13-14H2,1H3,(H,24,26,29). The molecular formula is C22H26N6O. The van der Waals surface area contributed by atoms with Crippen LogP contribution in [-0.2, 0) is 17.9 Å². The van der Waals surface area contributed by atoms with Crippen molar-refractivity contribution in [3.05, 3.63) is 42.5 Å². The maximum absolute atomic E-state index is 12.5. The average Bonchev–Trinajstić information content (AvgIpc) is 3.34. The largest absolute Gasteiger partial charge is 0.326 e. The minimum Gasteiger partial charge on any atom is -0.326 e. The van der Waals surface area contributed by atoms with Crippen LogP contribution in [0.1, 0.15) is 25.6 Å². The second-order valence-electron chi connectivity index (χ2n) is 8.03. The van der Waals surface area contributed by atoms with Crippen LogP contribution in [0.15, 0.2) is 36.7 Å². The van der Waals surface area contributed by atoms with E-state index in [1.54, 1.807) is 0 Å². The lowest BCUT2D eigenvalue weighted by molar-refractivity contribution is -0.117. The van der Waals surface area contributed by atoms with Crippen LogP contribution in [0.4, 0.5) is 5.82 Å². The molecule has 0 aliphatic carbocycles. The fourth-order valence-corrected chi connectivity index (χ4v) is 4.39. The van der Waals surface area contributed by atoms with Gasteiger partial charge in [0.1, 0.15) is 11.6 Å². The Morgan fingerprint density at radius 2 is 2.14 bits per heavy atom. The molecule has 1 unspecified atom stereocenters. The maximum Gasteiger partial charge on any atom is 0.239 e. The zero-order chi connectivity index (χ0) is 19.8. The van der Waals surface area contributed by atoms with Crippen LogP contribution in [0.2, 0.25) is 0 Å². The van der Waals surface area contributed by atoms with Crippen molar-refractivity contribution in [2.75, 3.05) is 25.0 Å². The molecule has 5 rings (SSSR count). The predicted octanol–water partition coefficient (Wildman–Crippen LogP) is 2.62. The first-order chi connectivity index (χ1) is 14.2. The summed E-state index contributed by atoms with van der Waals surface area (Å²) in [5, 5.41) is 8.44. The first-order valence-corrected chi connectivity index (χ1v) is 10.4. The van der Waals surface area contributed by atoms with Gasteiger partial charge in [0.05, 0.1) is 25.0 Å². The summed E-state index contributed by atoms with van der Waals surface area (Å²) >= 11 is 0. The van der Waals surface area contributed by atoms with Gasteiger partial charge in [-0.15, -0.1) is 0 Å². The van der Waals surface area contributed by atoms with Gasteiger partial charge in [-0.2, -0.15) is 0 Å². The first kappa shape index (κ1) is 18.3. The van der Waals surface area contributed by atoms with E-state index >= 15 is 0 Å². The quantitative estimate of drug-likeness (QED) is 0.716. The minimum atomic E-state index is -0.000820. The number of amides is 1. The van der Waals surface area contributed by atoms with Crippen molar-refractivity contribution in [1.82, 2.24) is 24.8 Å². The molecular weight excluding hydrogens is 364 g/mol. The third-order valence-corrected chi connectivity index (χ3v) is 6.06. The van der Waals surface area contributed by atoms with E-state index in [1.807, 2.05) is 18.5 Å². The molecule has 4 heterocycles. The van der Waals surface area contributed by atoms with Crippen molar-refractivity contribution in [3.8, 4) is 11.3 Å². The number of imidazole rings is 1. The Labute approximate surface area is 170 Å². The Balaban J connectivity index is 1.38. The first-order valence-electron chi connectivity index (χ1n) is 10.4. The number of rotatable bonds is 4. The van der Waals surface area contributed by atoms with E-state index < -0.39 is 0 Å². The number of nitrogens with one attached hydrogen (secondary N) is 2. The van der Waals surface area contributed by atoms with Crippen LogP contribution in [0.5, 0.6) is 0 Å². The molecule has 7 heteroatoms. The van der Waals surface area contributed by atoms with Gasteiger partial charge in [0.15, 0.2) is 0 Å². The van der Waals surface area contributed by atoms with Crippen LogP contribution in [-0.4, -0.2) is 51.0 Å². The van der Waals surface area contributed by atoms with Crippen LogP contribution in [0.3, 0.4) is 0 Å². The molecule has 2 aromatic heterocycles. The summed E-state index contributed by atoms with van der Waals surface area (Å²) in [6.07, 6.45) is 6.10. The van der Waals surface area contributed by atoms with Crippen molar-refractivity contribution >= 4 is 22.5 Å². The number of aromatic nitrogens is 3. The maximum atomic E-state index is 12.5. The minimum absolute atomic E-state index is 0.000820. The monoisotopic (exact) mass is 390 g/mol. The summed E-state index contributed by atoms with van der Waals surface area (Å²) < 4.78 is 2.28. The molecule has 0 bridgehead atoms. The number of likely N-dealkylation sites (tertiary alicyclic amines) is 1.